The van der Waals surface area contributed by atoms with E-state index in [0.29, 0.717) is 65.8 Å². The van der Waals surface area contributed by atoms with Gasteiger partial charge in [0.15, 0.2) is 9.84 Å². The maximum Gasteiger partial charge on any atom is 0.152 e. The van der Waals surface area contributed by atoms with E-state index in [1.807, 2.05) is 7.05 Å². The minimum atomic E-state index is -2.86. The number of hydrogen-bond acceptors (Lipinski definition) is 9. The summed E-state index contributed by atoms with van der Waals surface area (Å²) in [4.78, 5) is 2.11. The molecule has 0 bridgehead atoms. The Bertz CT molecular complexity index is 610. The molecule has 2 heterocycles. The highest BCUT2D eigenvalue weighted by Gasteiger charge is 2.22. The lowest BCUT2D eigenvalue weighted by atomic mass is 10.4. The van der Waals surface area contributed by atoms with Crippen LogP contribution in [-0.2, 0) is 37.1 Å². The third kappa shape index (κ3) is 9.08. The van der Waals surface area contributed by atoms with Gasteiger partial charge in [0.25, 0.3) is 0 Å². The van der Waals surface area contributed by atoms with E-state index in [9.17, 15) is 8.42 Å². The summed E-state index contributed by atoms with van der Waals surface area (Å²) in [5.74, 6) is 0.441. The molecule has 0 saturated carbocycles. The number of hydrogen-bond donors (Lipinski definition) is 1. The Balaban J connectivity index is 1.53. The molecule has 156 valence electrons. The number of nitrogens with zero attached hydrogens (tertiary/aromatic N) is 4. The van der Waals surface area contributed by atoms with Crippen LogP contribution in [0.5, 0.6) is 0 Å². The minimum Gasteiger partial charge on any atom is -0.378 e. The fraction of sp³-hybridized carbons (Fsp3) is 0.875. The summed E-state index contributed by atoms with van der Waals surface area (Å²) in [6.07, 6.45) is 1.72. The zero-order chi connectivity index (χ0) is 19.4. The molecule has 11 heteroatoms. The molecule has 0 atom stereocenters. The Morgan fingerprint density at radius 1 is 1.04 bits per heavy atom. The van der Waals surface area contributed by atoms with Crippen LogP contribution in [0.4, 0.5) is 0 Å². The summed E-state index contributed by atoms with van der Waals surface area (Å²) in [6, 6.07) is 0. The standard InChI is InChI=1S/C16H31N5O5S/c1-17-2-6-24-8-10-26-11-9-25-7-3-21-16(14-18-19-21)15-20-4-12-27(22,23)13-5-20/h14,17H,2-13,15H2,1H3. The number of nitrogens with one attached hydrogen (secondary N) is 1. The summed E-state index contributed by atoms with van der Waals surface area (Å²) >= 11 is 0. The third-order valence-electron chi connectivity index (χ3n) is 4.21. The molecule has 0 radical (unpaired) electrons. The first kappa shape index (κ1) is 22.2. The van der Waals surface area contributed by atoms with Crippen LogP contribution in [0.2, 0.25) is 0 Å². The molecule has 1 N–H and O–H groups in total. The van der Waals surface area contributed by atoms with Crippen molar-refractivity contribution in [2.45, 2.75) is 13.1 Å². The molecular formula is C16H31N5O5S. The summed E-state index contributed by atoms with van der Waals surface area (Å²) < 4.78 is 41.2. The number of sulfone groups is 1. The van der Waals surface area contributed by atoms with Gasteiger partial charge < -0.3 is 19.5 Å². The van der Waals surface area contributed by atoms with Gasteiger partial charge in [0, 0.05) is 26.2 Å². The van der Waals surface area contributed by atoms with Gasteiger partial charge in [-0.15, -0.1) is 5.10 Å². The van der Waals surface area contributed by atoms with Crippen LogP contribution in [0, 0.1) is 0 Å². The molecule has 0 aliphatic carbocycles. The van der Waals surface area contributed by atoms with Crippen molar-refractivity contribution in [3.05, 3.63) is 11.9 Å². The SMILES string of the molecule is CNCCOCCOCCOCCn1nncc1CN1CCS(=O)(=O)CC1. The van der Waals surface area contributed by atoms with Gasteiger partial charge in [0.05, 0.1) is 69.6 Å². The van der Waals surface area contributed by atoms with Gasteiger partial charge in [0.1, 0.15) is 0 Å². The smallest absolute Gasteiger partial charge is 0.152 e. The molecule has 0 unspecified atom stereocenters. The van der Waals surface area contributed by atoms with Crippen LogP contribution in [-0.4, -0.2) is 106 Å². The second-order valence-corrected chi connectivity index (χ2v) is 8.62. The molecule has 0 amide bonds. The first-order valence-corrected chi connectivity index (χ1v) is 11.1. The van der Waals surface area contributed by atoms with Crippen molar-refractivity contribution in [3.8, 4) is 0 Å². The van der Waals surface area contributed by atoms with Gasteiger partial charge in [0.2, 0.25) is 0 Å². The molecule has 2 rings (SSSR count). The van der Waals surface area contributed by atoms with Crippen molar-refractivity contribution in [2.75, 3.05) is 77.8 Å². The van der Waals surface area contributed by atoms with Gasteiger partial charge in [-0.25, -0.2) is 13.1 Å². The molecule has 1 aromatic heterocycles. The van der Waals surface area contributed by atoms with Gasteiger partial charge in [-0.3, -0.25) is 4.90 Å². The summed E-state index contributed by atoms with van der Waals surface area (Å²) in [5.41, 5.74) is 0.966. The third-order valence-corrected chi connectivity index (χ3v) is 5.82. The number of likely N-dealkylation sites (N-methyl/N-ethyl adjacent to an activating group) is 1. The normalized spacial score (nSPS) is 17.4. The molecule has 1 aromatic rings. The molecule has 1 aliphatic rings. The average Bonchev–Trinajstić information content (AvgIpc) is 3.08. The van der Waals surface area contributed by atoms with Crippen LogP contribution >= 0.6 is 0 Å². The van der Waals surface area contributed by atoms with Crippen molar-refractivity contribution in [2.24, 2.45) is 0 Å². The highest BCUT2D eigenvalue weighted by molar-refractivity contribution is 7.91. The predicted molar refractivity (Wildman–Crippen MR) is 100 cm³/mol. The van der Waals surface area contributed by atoms with E-state index in [2.05, 4.69) is 20.5 Å². The van der Waals surface area contributed by atoms with E-state index < -0.39 is 9.84 Å². The highest BCUT2D eigenvalue weighted by Crippen LogP contribution is 2.08. The van der Waals surface area contributed by atoms with Gasteiger partial charge in [-0.1, -0.05) is 5.21 Å². The number of rotatable bonds is 14. The molecule has 1 saturated heterocycles. The summed E-state index contributed by atoms with van der Waals surface area (Å²) in [6.45, 7) is 6.61. The Labute approximate surface area is 161 Å². The van der Waals surface area contributed by atoms with Crippen molar-refractivity contribution < 1.29 is 22.6 Å². The van der Waals surface area contributed by atoms with Crippen molar-refractivity contribution >= 4 is 9.84 Å². The zero-order valence-electron chi connectivity index (χ0n) is 16.0. The van der Waals surface area contributed by atoms with Crippen molar-refractivity contribution in [1.29, 1.82) is 0 Å². The first-order chi connectivity index (χ1) is 13.1. The second kappa shape index (κ2) is 12.4. The molecule has 1 aliphatic heterocycles. The van der Waals surface area contributed by atoms with E-state index in [4.69, 9.17) is 14.2 Å². The maximum atomic E-state index is 11.5. The monoisotopic (exact) mass is 405 g/mol. The lowest BCUT2D eigenvalue weighted by molar-refractivity contribution is 0.0133. The van der Waals surface area contributed by atoms with Crippen LogP contribution < -0.4 is 5.32 Å². The van der Waals surface area contributed by atoms with Crippen LogP contribution in [0.25, 0.3) is 0 Å². The van der Waals surface area contributed by atoms with E-state index in [1.165, 1.54) is 0 Å². The number of aromatic nitrogens is 3. The fourth-order valence-electron chi connectivity index (χ4n) is 2.59. The first-order valence-electron chi connectivity index (χ1n) is 9.29. The van der Waals surface area contributed by atoms with E-state index >= 15 is 0 Å². The zero-order valence-corrected chi connectivity index (χ0v) is 16.8. The quantitative estimate of drug-likeness (QED) is 0.381. The molecular weight excluding hydrogens is 374 g/mol. The Morgan fingerprint density at radius 2 is 1.67 bits per heavy atom. The Kier molecular flexibility index (Phi) is 10.2. The summed E-state index contributed by atoms with van der Waals surface area (Å²) in [7, 11) is -0.972. The van der Waals surface area contributed by atoms with Crippen molar-refractivity contribution in [1.82, 2.24) is 25.2 Å². The van der Waals surface area contributed by atoms with Gasteiger partial charge in [-0.2, -0.15) is 0 Å². The minimum absolute atomic E-state index is 0.220. The van der Waals surface area contributed by atoms with Gasteiger partial charge >= 0.3 is 0 Å². The topological polar surface area (TPSA) is 108 Å². The highest BCUT2D eigenvalue weighted by atomic mass is 32.2. The van der Waals surface area contributed by atoms with Crippen molar-refractivity contribution in [3.63, 3.8) is 0 Å². The molecule has 10 nitrogen and oxygen atoms in total. The Morgan fingerprint density at radius 3 is 2.33 bits per heavy atom. The maximum absolute atomic E-state index is 11.5. The average molecular weight is 406 g/mol. The van der Waals surface area contributed by atoms with Gasteiger partial charge in [-0.05, 0) is 7.05 Å². The molecule has 0 aromatic carbocycles. The van der Waals surface area contributed by atoms with E-state index in [1.54, 1.807) is 10.9 Å². The Hall–Kier alpha value is -1.11. The lowest BCUT2D eigenvalue weighted by Gasteiger charge is -2.26. The molecule has 1 fully saturated rings. The van der Waals surface area contributed by atoms with E-state index in [0.717, 1.165) is 12.2 Å². The number of ether oxygens (including phenoxy) is 3. The second-order valence-electron chi connectivity index (χ2n) is 6.32. The molecule has 27 heavy (non-hydrogen) atoms. The predicted octanol–water partition coefficient (Wildman–Crippen LogP) is -1.22. The fourth-order valence-corrected chi connectivity index (χ4v) is 3.87. The lowest BCUT2D eigenvalue weighted by Crippen LogP contribution is -2.40. The van der Waals surface area contributed by atoms with Crippen LogP contribution in [0.3, 0.4) is 0 Å². The van der Waals surface area contributed by atoms with Crippen LogP contribution in [0.15, 0.2) is 6.20 Å². The molecule has 0 spiro atoms. The summed E-state index contributed by atoms with van der Waals surface area (Å²) in [5, 5.41) is 11.0. The van der Waals surface area contributed by atoms with Crippen LogP contribution in [0.1, 0.15) is 5.69 Å². The van der Waals surface area contributed by atoms with E-state index in [-0.39, 0.29) is 11.5 Å². The largest absolute Gasteiger partial charge is 0.378 e.